The molecular weight excluding hydrogens is 409 g/mol. The Balaban J connectivity index is 1.34. The molecule has 0 unspecified atom stereocenters. The average molecular weight is 427 g/mol. The van der Waals surface area contributed by atoms with Crippen LogP contribution in [-0.4, -0.2) is 52.1 Å². The van der Waals surface area contributed by atoms with Crippen LogP contribution in [0.3, 0.4) is 0 Å². The molecule has 10 heteroatoms. The smallest absolute Gasteiger partial charge is 0.269 e. The van der Waals surface area contributed by atoms with Crippen LogP contribution < -0.4 is 4.90 Å². The van der Waals surface area contributed by atoms with Crippen LogP contribution in [0.2, 0.25) is 0 Å². The van der Waals surface area contributed by atoms with Gasteiger partial charge in [-0.1, -0.05) is 23.5 Å². The van der Waals surface area contributed by atoms with Gasteiger partial charge in [-0.15, -0.1) is 10.2 Å². The van der Waals surface area contributed by atoms with E-state index in [-0.39, 0.29) is 17.4 Å². The van der Waals surface area contributed by atoms with Gasteiger partial charge in [0.1, 0.15) is 10.8 Å². The predicted molar refractivity (Wildman–Crippen MR) is 110 cm³/mol. The summed E-state index contributed by atoms with van der Waals surface area (Å²) in [5.41, 5.74) is 1.37. The highest BCUT2D eigenvalue weighted by molar-refractivity contribution is 7.15. The lowest BCUT2D eigenvalue weighted by Crippen LogP contribution is -2.48. The summed E-state index contributed by atoms with van der Waals surface area (Å²) < 4.78 is 13.0. The summed E-state index contributed by atoms with van der Waals surface area (Å²) in [6, 6.07) is 12.0. The molecule has 154 valence electrons. The zero-order chi connectivity index (χ0) is 21.1. The van der Waals surface area contributed by atoms with Gasteiger partial charge in [-0.3, -0.25) is 14.9 Å². The maximum Gasteiger partial charge on any atom is 0.269 e. The number of benzene rings is 2. The van der Waals surface area contributed by atoms with E-state index in [4.69, 9.17) is 0 Å². The Bertz CT molecular complexity index is 1050. The van der Waals surface area contributed by atoms with Gasteiger partial charge in [-0.2, -0.15) is 0 Å². The van der Waals surface area contributed by atoms with E-state index in [1.54, 1.807) is 17.0 Å². The van der Waals surface area contributed by atoms with Crippen LogP contribution in [0.25, 0.3) is 0 Å². The number of nitro groups is 1. The van der Waals surface area contributed by atoms with Gasteiger partial charge in [0.15, 0.2) is 0 Å². The van der Waals surface area contributed by atoms with Crippen molar-refractivity contribution in [2.75, 3.05) is 31.1 Å². The summed E-state index contributed by atoms with van der Waals surface area (Å²) in [5.74, 6) is -0.406. The van der Waals surface area contributed by atoms with Gasteiger partial charge >= 0.3 is 0 Å². The maximum atomic E-state index is 13.0. The van der Waals surface area contributed by atoms with Gasteiger partial charge in [0.2, 0.25) is 5.13 Å². The van der Waals surface area contributed by atoms with E-state index in [0.717, 1.165) is 15.7 Å². The van der Waals surface area contributed by atoms with E-state index in [2.05, 4.69) is 15.1 Å². The van der Waals surface area contributed by atoms with Crippen molar-refractivity contribution in [3.05, 3.63) is 80.6 Å². The van der Waals surface area contributed by atoms with Crippen molar-refractivity contribution in [2.24, 2.45) is 0 Å². The Labute approximate surface area is 175 Å². The number of carbonyl (C=O) groups is 1. The number of nitro benzene ring substituents is 1. The largest absolute Gasteiger partial charge is 0.343 e. The number of halogens is 1. The average Bonchev–Trinajstić information content (AvgIpc) is 3.23. The molecular formula is C20H18FN5O3S. The van der Waals surface area contributed by atoms with Crippen molar-refractivity contribution >= 4 is 28.1 Å². The molecule has 1 aromatic heterocycles. The first-order valence-electron chi connectivity index (χ1n) is 9.35. The summed E-state index contributed by atoms with van der Waals surface area (Å²) in [5, 5.41) is 20.9. The molecule has 8 nitrogen and oxygen atoms in total. The molecule has 0 bridgehead atoms. The lowest BCUT2D eigenvalue weighted by Gasteiger charge is -2.34. The molecule has 1 amide bonds. The number of hydrogen-bond acceptors (Lipinski definition) is 7. The quantitative estimate of drug-likeness (QED) is 0.459. The molecule has 0 N–H and O–H groups in total. The van der Waals surface area contributed by atoms with Gasteiger partial charge in [0.05, 0.1) is 4.92 Å². The van der Waals surface area contributed by atoms with E-state index in [9.17, 15) is 19.3 Å². The first-order valence-corrected chi connectivity index (χ1v) is 10.2. The monoisotopic (exact) mass is 427 g/mol. The lowest BCUT2D eigenvalue weighted by molar-refractivity contribution is -0.384. The Kier molecular flexibility index (Phi) is 5.66. The lowest BCUT2D eigenvalue weighted by atomic mass is 10.1. The molecule has 3 aromatic rings. The highest BCUT2D eigenvalue weighted by Crippen LogP contribution is 2.24. The fraction of sp³-hybridized carbons (Fsp3) is 0.250. The molecule has 0 atom stereocenters. The molecule has 0 saturated carbocycles. The van der Waals surface area contributed by atoms with Gasteiger partial charge < -0.3 is 9.80 Å². The molecule has 1 aliphatic rings. The summed E-state index contributed by atoms with van der Waals surface area (Å²) in [6.45, 7) is 2.32. The summed E-state index contributed by atoms with van der Waals surface area (Å²) >= 11 is 1.49. The first kappa shape index (κ1) is 19.9. The molecule has 1 fully saturated rings. The number of aromatic nitrogens is 2. The third-order valence-corrected chi connectivity index (χ3v) is 5.87. The Morgan fingerprint density at radius 2 is 1.70 bits per heavy atom. The zero-order valence-electron chi connectivity index (χ0n) is 15.9. The number of carbonyl (C=O) groups excluding carboxylic acids is 1. The second-order valence-electron chi connectivity index (χ2n) is 6.86. The standard InChI is InChI=1S/C20H18FN5O3S/c21-16-5-1-14(2-6-16)13-18-22-23-20(30-18)25-11-9-24(10-12-25)19(27)15-3-7-17(8-4-15)26(28)29/h1-8H,9-13H2. The number of anilines is 1. The van der Waals surface area contributed by atoms with Crippen LogP contribution >= 0.6 is 11.3 Å². The van der Waals surface area contributed by atoms with Gasteiger partial charge in [0.25, 0.3) is 11.6 Å². The molecule has 1 saturated heterocycles. The van der Waals surface area contributed by atoms with Crippen molar-refractivity contribution in [3.63, 3.8) is 0 Å². The fourth-order valence-corrected chi connectivity index (χ4v) is 4.15. The minimum Gasteiger partial charge on any atom is -0.343 e. The van der Waals surface area contributed by atoms with Crippen molar-refractivity contribution in [1.82, 2.24) is 15.1 Å². The molecule has 1 aliphatic heterocycles. The molecule has 0 spiro atoms. The van der Waals surface area contributed by atoms with E-state index in [1.807, 2.05) is 0 Å². The first-order chi connectivity index (χ1) is 14.5. The number of amides is 1. The number of non-ortho nitro benzene ring substituents is 1. The molecule has 30 heavy (non-hydrogen) atoms. The maximum absolute atomic E-state index is 13.0. The normalized spacial score (nSPS) is 14.0. The molecule has 0 aliphatic carbocycles. The van der Waals surface area contributed by atoms with Crippen molar-refractivity contribution in [2.45, 2.75) is 6.42 Å². The third kappa shape index (κ3) is 4.43. The number of nitrogens with zero attached hydrogens (tertiary/aromatic N) is 5. The van der Waals surface area contributed by atoms with Crippen LogP contribution in [0, 0.1) is 15.9 Å². The summed E-state index contributed by atoms with van der Waals surface area (Å²) in [6.07, 6.45) is 0.594. The van der Waals surface area contributed by atoms with E-state index in [1.165, 1.54) is 47.7 Å². The van der Waals surface area contributed by atoms with Gasteiger partial charge in [0, 0.05) is 50.3 Å². The van der Waals surface area contributed by atoms with Crippen molar-refractivity contribution in [3.8, 4) is 0 Å². The predicted octanol–water partition coefficient (Wildman–Crippen LogP) is 3.14. The number of piperazine rings is 1. The van der Waals surface area contributed by atoms with E-state index >= 15 is 0 Å². The Morgan fingerprint density at radius 1 is 1.03 bits per heavy atom. The van der Waals surface area contributed by atoms with Crippen LogP contribution in [0.5, 0.6) is 0 Å². The van der Waals surface area contributed by atoms with Crippen molar-refractivity contribution in [1.29, 1.82) is 0 Å². The van der Waals surface area contributed by atoms with Crippen molar-refractivity contribution < 1.29 is 14.1 Å². The highest BCUT2D eigenvalue weighted by Gasteiger charge is 2.24. The van der Waals surface area contributed by atoms with Gasteiger partial charge in [-0.25, -0.2) is 4.39 Å². The second kappa shape index (κ2) is 8.54. The Morgan fingerprint density at radius 3 is 2.33 bits per heavy atom. The van der Waals surface area contributed by atoms with Crippen LogP contribution in [0.4, 0.5) is 15.2 Å². The molecule has 4 rings (SSSR count). The van der Waals surface area contributed by atoms with Crippen LogP contribution in [0.1, 0.15) is 20.9 Å². The number of rotatable bonds is 5. The van der Waals surface area contributed by atoms with Gasteiger partial charge in [-0.05, 0) is 29.8 Å². The van der Waals surface area contributed by atoms with Crippen LogP contribution in [-0.2, 0) is 6.42 Å². The van der Waals surface area contributed by atoms with Crippen LogP contribution in [0.15, 0.2) is 48.5 Å². The molecule has 2 heterocycles. The second-order valence-corrected chi connectivity index (χ2v) is 7.91. The van der Waals surface area contributed by atoms with E-state index < -0.39 is 4.92 Å². The summed E-state index contributed by atoms with van der Waals surface area (Å²) in [7, 11) is 0. The molecule has 0 radical (unpaired) electrons. The minimum absolute atomic E-state index is 0.0379. The zero-order valence-corrected chi connectivity index (χ0v) is 16.7. The SMILES string of the molecule is O=C(c1ccc([N+](=O)[O-])cc1)N1CCN(c2nnc(Cc3ccc(F)cc3)s2)CC1. The minimum atomic E-state index is -0.487. The molecule has 2 aromatic carbocycles. The number of hydrogen-bond donors (Lipinski definition) is 0. The van der Waals surface area contributed by atoms with E-state index in [0.29, 0.717) is 38.2 Å². The Hall–Kier alpha value is -3.40. The highest BCUT2D eigenvalue weighted by atomic mass is 32.1. The summed E-state index contributed by atoms with van der Waals surface area (Å²) in [4.78, 5) is 26.7. The third-order valence-electron chi connectivity index (χ3n) is 4.89. The fourth-order valence-electron chi connectivity index (χ4n) is 3.23. The topological polar surface area (TPSA) is 92.5 Å².